The predicted octanol–water partition coefficient (Wildman–Crippen LogP) is 4.96. The van der Waals surface area contributed by atoms with Gasteiger partial charge in [-0.15, -0.1) is 0 Å². The fourth-order valence-electron chi connectivity index (χ4n) is 2.52. The lowest BCUT2D eigenvalue weighted by atomic mass is 9.98. The molecule has 0 fully saturated rings. The van der Waals surface area contributed by atoms with Gasteiger partial charge in [-0.25, -0.2) is 0 Å². The van der Waals surface area contributed by atoms with Crippen LogP contribution in [0.2, 0.25) is 0 Å². The molecule has 110 valence electrons. The van der Waals surface area contributed by atoms with Gasteiger partial charge in [0.15, 0.2) is 0 Å². The number of hydrogen-bond donors (Lipinski definition) is 0. The predicted molar refractivity (Wildman–Crippen MR) is 83.1 cm³/mol. The van der Waals surface area contributed by atoms with E-state index in [1.165, 1.54) is 0 Å². The second-order valence-corrected chi connectivity index (χ2v) is 5.07. The zero-order chi connectivity index (χ0) is 15.4. The number of para-hydroxylation sites is 1. The number of hydrogen-bond acceptors (Lipinski definition) is 3. The highest BCUT2D eigenvalue weighted by Crippen LogP contribution is 2.36. The van der Waals surface area contributed by atoms with Crippen molar-refractivity contribution in [3.63, 3.8) is 0 Å². The van der Waals surface area contributed by atoms with E-state index >= 15 is 0 Å². The van der Waals surface area contributed by atoms with Gasteiger partial charge in [-0.05, 0) is 38.5 Å². The Hall–Kier alpha value is -2.36. The number of ether oxygens (including phenoxy) is 1. The second kappa shape index (κ2) is 6.39. The molecule has 0 heterocycles. The van der Waals surface area contributed by atoms with Crippen LogP contribution in [0.3, 0.4) is 0 Å². The molecule has 2 rings (SSSR count). The minimum Gasteiger partial charge on any atom is -0.457 e. The van der Waals surface area contributed by atoms with E-state index in [2.05, 4.69) is 6.92 Å². The van der Waals surface area contributed by atoms with E-state index in [4.69, 9.17) is 4.74 Å². The van der Waals surface area contributed by atoms with Crippen molar-refractivity contribution in [1.82, 2.24) is 0 Å². The third kappa shape index (κ3) is 3.21. The summed E-state index contributed by atoms with van der Waals surface area (Å²) in [5.74, 6) is 1.45. The van der Waals surface area contributed by atoms with Crippen molar-refractivity contribution in [2.24, 2.45) is 0 Å². The summed E-state index contributed by atoms with van der Waals surface area (Å²) in [6.45, 7) is 5.60. The molecule has 0 atom stereocenters. The van der Waals surface area contributed by atoms with Crippen LogP contribution in [0.1, 0.15) is 30.0 Å². The van der Waals surface area contributed by atoms with Gasteiger partial charge in [0.1, 0.15) is 11.5 Å². The minimum atomic E-state index is -0.309. The van der Waals surface area contributed by atoms with Crippen molar-refractivity contribution in [3.05, 3.63) is 63.2 Å². The number of nitrogens with zero attached hydrogens (tertiary/aromatic N) is 1. The molecule has 2 aromatic rings. The maximum Gasteiger partial charge on any atom is 0.275 e. The first kappa shape index (κ1) is 15.0. The average Bonchev–Trinajstić information content (AvgIpc) is 2.43. The molecule has 0 aromatic heterocycles. The number of rotatable bonds is 5. The number of nitro benzene ring substituents is 1. The molecule has 0 saturated heterocycles. The molecule has 0 amide bonds. The van der Waals surface area contributed by atoms with Crippen LogP contribution < -0.4 is 4.74 Å². The molecule has 0 saturated carbocycles. The second-order valence-electron chi connectivity index (χ2n) is 5.07. The van der Waals surface area contributed by atoms with Gasteiger partial charge in [0.2, 0.25) is 0 Å². The molecule has 4 heteroatoms. The summed E-state index contributed by atoms with van der Waals surface area (Å²) < 4.78 is 5.94. The summed E-state index contributed by atoms with van der Waals surface area (Å²) in [5, 5.41) is 11.2. The first-order valence-electron chi connectivity index (χ1n) is 7.05. The SMILES string of the molecule is CCCc1c(Oc2ccccc2)cc(C)c([N+](=O)[O-])c1C. The molecule has 0 N–H and O–H groups in total. The summed E-state index contributed by atoms with van der Waals surface area (Å²) in [6.07, 6.45) is 1.67. The third-order valence-electron chi connectivity index (χ3n) is 3.48. The molecule has 0 spiro atoms. The van der Waals surface area contributed by atoms with Crippen molar-refractivity contribution >= 4 is 5.69 Å². The summed E-state index contributed by atoms with van der Waals surface area (Å²) in [4.78, 5) is 10.9. The fourth-order valence-corrected chi connectivity index (χ4v) is 2.52. The highest BCUT2D eigenvalue weighted by molar-refractivity contribution is 5.57. The Balaban J connectivity index is 2.52. The van der Waals surface area contributed by atoms with Gasteiger partial charge in [0.25, 0.3) is 5.69 Å². The first-order chi connectivity index (χ1) is 10.0. The quantitative estimate of drug-likeness (QED) is 0.576. The highest BCUT2D eigenvalue weighted by atomic mass is 16.6. The van der Waals surface area contributed by atoms with Gasteiger partial charge in [-0.2, -0.15) is 0 Å². The molecule has 0 aliphatic carbocycles. The normalized spacial score (nSPS) is 10.4. The van der Waals surface area contributed by atoms with Gasteiger partial charge in [-0.1, -0.05) is 31.5 Å². The Labute approximate surface area is 124 Å². The van der Waals surface area contributed by atoms with Crippen LogP contribution in [0, 0.1) is 24.0 Å². The van der Waals surface area contributed by atoms with Gasteiger partial charge in [0, 0.05) is 16.7 Å². The van der Waals surface area contributed by atoms with E-state index in [1.54, 1.807) is 19.9 Å². The molecule has 0 bridgehead atoms. The smallest absolute Gasteiger partial charge is 0.275 e. The van der Waals surface area contributed by atoms with Crippen LogP contribution in [-0.2, 0) is 6.42 Å². The first-order valence-corrected chi connectivity index (χ1v) is 7.05. The number of aryl methyl sites for hydroxylation is 1. The highest BCUT2D eigenvalue weighted by Gasteiger charge is 2.21. The maximum atomic E-state index is 11.2. The van der Waals surface area contributed by atoms with Crippen LogP contribution in [0.5, 0.6) is 11.5 Å². The van der Waals surface area contributed by atoms with Crippen molar-refractivity contribution in [2.45, 2.75) is 33.6 Å². The molecule has 0 radical (unpaired) electrons. The largest absolute Gasteiger partial charge is 0.457 e. The van der Waals surface area contributed by atoms with Crippen LogP contribution >= 0.6 is 0 Å². The van der Waals surface area contributed by atoms with Gasteiger partial charge in [0.05, 0.1) is 4.92 Å². The lowest BCUT2D eigenvalue weighted by Gasteiger charge is -2.15. The van der Waals surface area contributed by atoms with E-state index in [1.807, 2.05) is 30.3 Å². The third-order valence-corrected chi connectivity index (χ3v) is 3.48. The van der Waals surface area contributed by atoms with Crippen molar-refractivity contribution in [3.8, 4) is 11.5 Å². The minimum absolute atomic E-state index is 0.193. The fraction of sp³-hybridized carbons (Fsp3) is 0.294. The molecular formula is C17H19NO3. The van der Waals surface area contributed by atoms with Gasteiger partial charge < -0.3 is 4.74 Å². The van der Waals surface area contributed by atoms with Gasteiger partial charge in [-0.3, -0.25) is 10.1 Å². The van der Waals surface area contributed by atoms with E-state index in [-0.39, 0.29) is 10.6 Å². The van der Waals surface area contributed by atoms with E-state index in [0.29, 0.717) is 16.9 Å². The molecule has 0 unspecified atom stereocenters. The Morgan fingerprint density at radius 3 is 2.43 bits per heavy atom. The van der Waals surface area contributed by atoms with E-state index in [9.17, 15) is 10.1 Å². The molecular weight excluding hydrogens is 266 g/mol. The molecule has 4 nitrogen and oxygen atoms in total. The summed E-state index contributed by atoms with van der Waals surface area (Å²) >= 11 is 0. The number of nitro groups is 1. The van der Waals surface area contributed by atoms with Crippen molar-refractivity contribution in [2.75, 3.05) is 0 Å². The Bertz CT molecular complexity index is 651. The monoisotopic (exact) mass is 285 g/mol. The van der Waals surface area contributed by atoms with Crippen molar-refractivity contribution < 1.29 is 9.66 Å². The van der Waals surface area contributed by atoms with Crippen LogP contribution in [0.4, 0.5) is 5.69 Å². The Morgan fingerprint density at radius 1 is 1.19 bits per heavy atom. The van der Waals surface area contributed by atoms with Gasteiger partial charge >= 0.3 is 0 Å². The standard InChI is InChI=1S/C17H19NO3/c1-4-8-15-13(3)17(18(19)20)12(2)11-16(15)21-14-9-6-5-7-10-14/h5-7,9-11H,4,8H2,1-3H3. The Kier molecular flexibility index (Phi) is 4.58. The van der Waals surface area contributed by atoms with Crippen LogP contribution in [-0.4, -0.2) is 4.92 Å². The Morgan fingerprint density at radius 2 is 1.86 bits per heavy atom. The lowest BCUT2D eigenvalue weighted by Crippen LogP contribution is -2.02. The summed E-state index contributed by atoms with van der Waals surface area (Å²) in [6, 6.07) is 11.2. The van der Waals surface area contributed by atoms with Crippen molar-refractivity contribution in [1.29, 1.82) is 0 Å². The molecule has 0 aliphatic rings. The molecule has 21 heavy (non-hydrogen) atoms. The number of benzene rings is 2. The van der Waals surface area contributed by atoms with Crippen LogP contribution in [0.25, 0.3) is 0 Å². The zero-order valence-corrected chi connectivity index (χ0v) is 12.6. The topological polar surface area (TPSA) is 52.4 Å². The summed E-state index contributed by atoms with van der Waals surface area (Å²) in [5.41, 5.74) is 2.44. The molecule has 2 aromatic carbocycles. The van der Waals surface area contributed by atoms with E-state index in [0.717, 1.165) is 24.2 Å². The average molecular weight is 285 g/mol. The van der Waals surface area contributed by atoms with Crippen LogP contribution in [0.15, 0.2) is 36.4 Å². The maximum absolute atomic E-state index is 11.2. The summed E-state index contributed by atoms with van der Waals surface area (Å²) in [7, 11) is 0. The van der Waals surface area contributed by atoms with E-state index < -0.39 is 0 Å². The zero-order valence-electron chi connectivity index (χ0n) is 12.6. The lowest BCUT2D eigenvalue weighted by molar-refractivity contribution is -0.386. The molecule has 0 aliphatic heterocycles.